The first-order valence-corrected chi connectivity index (χ1v) is 5.26. The normalized spacial score (nSPS) is 13.2. The highest BCUT2D eigenvalue weighted by atomic mass is 35.5. The van der Waals surface area contributed by atoms with Crippen LogP contribution in [0.15, 0.2) is 5.16 Å². The largest absolute Gasteiger partial charge is 0.325 e. The molecule has 4 nitrogen and oxygen atoms in total. The smallest absolute Gasteiger partial charge is 0.268 e. The number of rotatable bonds is 4. The monoisotopic (exact) mass is 199 g/mol. The van der Waals surface area contributed by atoms with E-state index in [9.17, 15) is 8.42 Å². The van der Waals surface area contributed by atoms with Crippen LogP contribution >= 0.6 is 11.6 Å². The molecule has 0 N–H and O–H groups in total. The first kappa shape index (κ1) is 10.7. The van der Waals surface area contributed by atoms with E-state index in [1.165, 1.54) is 0 Å². The molecule has 0 aliphatic heterocycles. The topological polar surface area (TPSA) is 55.7 Å². The molecule has 0 saturated carbocycles. The average molecular weight is 200 g/mol. The minimum atomic E-state index is -3.51. The molecule has 0 rings (SSSR count). The van der Waals surface area contributed by atoms with Crippen LogP contribution in [0.25, 0.3) is 0 Å². The summed E-state index contributed by atoms with van der Waals surface area (Å²) in [4.78, 5) is 0. The van der Waals surface area contributed by atoms with Crippen LogP contribution in [-0.4, -0.2) is 19.8 Å². The van der Waals surface area contributed by atoms with E-state index in [-0.39, 0.29) is 5.17 Å². The highest BCUT2D eigenvalue weighted by Gasteiger charge is 2.00. The maximum Gasteiger partial charge on any atom is 0.325 e. The predicted octanol–water partition coefficient (Wildman–Crippen LogP) is 1.32. The van der Waals surface area contributed by atoms with Crippen molar-refractivity contribution in [1.29, 1.82) is 0 Å². The first-order chi connectivity index (χ1) is 4.95. The number of hydrogen-bond donors (Lipinski definition) is 0. The van der Waals surface area contributed by atoms with Crippen LogP contribution in [0.5, 0.6) is 0 Å². The Labute approximate surface area is 71.3 Å². The fraction of sp³-hybridized carbons (Fsp3) is 0.800. The van der Waals surface area contributed by atoms with E-state index >= 15 is 0 Å². The third-order valence-corrected chi connectivity index (χ3v) is 1.33. The van der Waals surface area contributed by atoms with Crippen LogP contribution in [0.3, 0.4) is 0 Å². The van der Waals surface area contributed by atoms with Crippen molar-refractivity contribution < 1.29 is 12.7 Å². The Hall–Kier alpha value is -0.290. The van der Waals surface area contributed by atoms with Crippen molar-refractivity contribution in [2.24, 2.45) is 5.16 Å². The Bertz CT molecular complexity index is 234. The van der Waals surface area contributed by atoms with Gasteiger partial charge in [-0.25, -0.2) is 0 Å². The molecule has 0 aromatic heterocycles. The Balaban J connectivity index is 3.93. The zero-order valence-corrected chi connectivity index (χ0v) is 7.94. The summed E-state index contributed by atoms with van der Waals surface area (Å²) in [5.74, 6) is 0. The third-order valence-electron chi connectivity index (χ3n) is 0.728. The molecule has 0 saturated heterocycles. The van der Waals surface area contributed by atoms with Gasteiger partial charge in [0.05, 0.1) is 6.26 Å². The molecule has 0 fully saturated rings. The highest BCUT2D eigenvalue weighted by Crippen LogP contribution is 1.99. The van der Waals surface area contributed by atoms with Gasteiger partial charge in [0.25, 0.3) is 0 Å². The summed E-state index contributed by atoms with van der Waals surface area (Å²) < 4.78 is 24.8. The SMILES string of the molecule is CCC/C(Cl)=N\OS(C)(=O)=O. The summed E-state index contributed by atoms with van der Waals surface area (Å²) in [5.41, 5.74) is 0. The lowest BCUT2D eigenvalue weighted by molar-refractivity contribution is 0.343. The molecular formula is C5H10ClNO3S. The molecule has 0 heterocycles. The second-order valence-corrected chi connectivity index (χ2v) is 3.99. The van der Waals surface area contributed by atoms with Gasteiger partial charge in [-0.3, -0.25) is 4.28 Å². The fourth-order valence-corrected chi connectivity index (χ4v) is 0.850. The number of halogens is 1. The van der Waals surface area contributed by atoms with E-state index in [4.69, 9.17) is 11.6 Å². The summed E-state index contributed by atoms with van der Waals surface area (Å²) in [5, 5.41) is 3.34. The standard InChI is InChI=1S/C5H10ClNO3S/c1-3-4-5(6)7-10-11(2,8)9/h3-4H2,1-2H3/b7-5+. The predicted molar refractivity (Wildman–Crippen MR) is 44.1 cm³/mol. The molecule has 0 aliphatic carbocycles. The van der Waals surface area contributed by atoms with Crippen molar-refractivity contribution in [3.63, 3.8) is 0 Å². The van der Waals surface area contributed by atoms with Crippen LogP contribution in [0.1, 0.15) is 19.8 Å². The quantitative estimate of drug-likeness (QED) is 0.507. The van der Waals surface area contributed by atoms with Crippen LogP contribution in [0, 0.1) is 0 Å². The average Bonchev–Trinajstić information content (AvgIpc) is 1.83. The van der Waals surface area contributed by atoms with Gasteiger partial charge in [0.2, 0.25) is 0 Å². The van der Waals surface area contributed by atoms with Gasteiger partial charge in [0.15, 0.2) is 0 Å². The van der Waals surface area contributed by atoms with Crippen molar-refractivity contribution >= 4 is 26.9 Å². The fourth-order valence-electron chi connectivity index (χ4n) is 0.360. The Morgan fingerprint density at radius 2 is 2.18 bits per heavy atom. The molecule has 11 heavy (non-hydrogen) atoms. The van der Waals surface area contributed by atoms with Crippen molar-refractivity contribution in [3.8, 4) is 0 Å². The van der Waals surface area contributed by atoms with Gasteiger partial charge in [-0.2, -0.15) is 8.42 Å². The van der Waals surface area contributed by atoms with E-state index in [0.717, 1.165) is 12.7 Å². The van der Waals surface area contributed by atoms with Gasteiger partial charge in [-0.15, -0.1) is 0 Å². The molecule has 0 aromatic carbocycles. The molecule has 6 heteroatoms. The lowest BCUT2D eigenvalue weighted by atomic mass is 10.4. The van der Waals surface area contributed by atoms with E-state index < -0.39 is 10.1 Å². The van der Waals surface area contributed by atoms with Crippen molar-refractivity contribution in [2.45, 2.75) is 19.8 Å². The summed E-state index contributed by atoms with van der Waals surface area (Å²) >= 11 is 5.45. The molecule has 0 aliphatic rings. The van der Waals surface area contributed by atoms with E-state index in [1.807, 2.05) is 6.92 Å². The molecule has 0 atom stereocenters. The minimum absolute atomic E-state index is 0.165. The highest BCUT2D eigenvalue weighted by molar-refractivity contribution is 7.85. The van der Waals surface area contributed by atoms with Crippen LogP contribution in [-0.2, 0) is 14.4 Å². The number of nitrogens with zero attached hydrogens (tertiary/aromatic N) is 1. The Morgan fingerprint density at radius 3 is 2.55 bits per heavy atom. The maximum absolute atomic E-state index is 10.4. The summed E-state index contributed by atoms with van der Waals surface area (Å²) in [6, 6.07) is 0. The van der Waals surface area contributed by atoms with Gasteiger partial charge < -0.3 is 0 Å². The second-order valence-electron chi connectivity index (χ2n) is 2.00. The molecule has 0 unspecified atom stereocenters. The van der Waals surface area contributed by atoms with Gasteiger partial charge >= 0.3 is 10.1 Å². The van der Waals surface area contributed by atoms with Crippen LogP contribution in [0.4, 0.5) is 0 Å². The van der Waals surface area contributed by atoms with Crippen molar-refractivity contribution in [3.05, 3.63) is 0 Å². The lowest BCUT2D eigenvalue weighted by Crippen LogP contribution is -1.99. The van der Waals surface area contributed by atoms with Crippen LogP contribution in [0.2, 0.25) is 0 Å². The van der Waals surface area contributed by atoms with Crippen LogP contribution < -0.4 is 0 Å². The molecular weight excluding hydrogens is 190 g/mol. The van der Waals surface area contributed by atoms with Gasteiger partial charge in [-0.05, 0) is 6.42 Å². The van der Waals surface area contributed by atoms with Gasteiger partial charge in [0, 0.05) is 6.42 Å². The molecule has 0 aromatic rings. The number of oxime groups is 1. The second kappa shape index (κ2) is 4.56. The summed E-state index contributed by atoms with van der Waals surface area (Å²) in [7, 11) is -3.51. The third kappa shape index (κ3) is 7.61. The minimum Gasteiger partial charge on any atom is -0.268 e. The first-order valence-electron chi connectivity index (χ1n) is 3.06. The van der Waals surface area contributed by atoms with E-state index in [1.54, 1.807) is 0 Å². The van der Waals surface area contributed by atoms with Gasteiger partial charge in [-0.1, -0.05) is 23.7 Å². The van der Waals surface area contributed by atoms with E-state index in [2.05, 4.69) is 9.44 Å². The maximum atomic E-state index is 10.4. The molecule has 0 spiro atoms. The van der Waals surface area contributed by atoms with E-state index in [0.29, 0.717) is 6.42 Å². The summed E-state index contributed by atoms with van der Waals surface area (Å²) in [6.07, 6.45) is 2.24. The Morgan fingerprint density at radius 1 is 1.64 bits per heavy atom. The summed E-state index contributed by atoms with van der Waals surface area (Å²) in [6.45, 7) is 1.90. The molecule has 0 radical (unpaired) electrons. The van der Waals surface area contributed by atoms with Crippen molar-refractivity contribution in [1.82, 2.24) is 0 Å². The molecule has 0 amide bonds. The van der Waals surface area contributed by atoms with Crippen molar-refractivity contribution in [2.75, 3.05) is 6.26 Å². The number of hydrogen-bond acceptors (Lipinski definition) is 4. The Kier molecular flexibility index (Phi) is 4.44. The lowest BCUT2D eigenvalue weighted by Gasteiger charge is -1.94. The zero-order chi connectivity index (χ0) is 8.91. The van der Waals surface area contributed by atoms with Gasteiger partial charge in [0.1, 0.15) is 5.17 Å². The molecule has 66 valence electrons. The molecule has 0 bridgehead atoms. The zero-order valence-electron chi connectivity index (χ0n) is 6.37.